The van der Waals surface area contributed by atoms with Crippen LogP contribution in [0.2, 0.25) is 0 Å². The Hall–Kier alpha value is -0.430. The Labute approximate surface area is 41.1 Å². The summed E-state index contributed by atoms with van der Waals surface area (Å²) < 4.78 is 0. The molecule has 0 N–H and O–H groups in total. The second-order valence-corrected chi connectivity index (χ2v) is 2.11. The summed E-state index contributed by atoms with van der Waals surface area (Å²) in [6, 6.07) is 0. The average molecular weight is 97.2 g/mol. The van der Waals surface area contributed by atoms with Crippen molar-refractivity contribution in [3.05, 3.63) is 23.6 Å². The van der Waals surface area contributed by atoms with Gasteiger partial charge in [-0.2, -0.15) is 0 Å². The van der Waals surface area contributed by atoms with Crippen LogP contribution in [0.5, 0.6) is 0 Å². The van der Waals surface area contributed by atoms with Crippen molar-refractivity contribution < 1.29 is 0 Å². The minimum Gasteiger partial charge on any atom is -0.0333 e. The van der Waals surface area contributed by atoms with E-state index in [4.69, 9.17) is 0 Å². The summed E-state index contributed by atoms with van der Waals surface area (Å²) in [6.07, 6.45) is 3.98. The van der Waals surface area contributed by atoms with Crippen LogP contribution in [-0.2, 0) is 11.4 Å². The van der Waals surface area contributed by atoms with Gasteiger partial charge in [0.15, 0.2) is 5.37 Å². The summed E-state index contributed by atoms with van der Waals surface area (Å²) in [5.41, 5.74) is 0. The maximum atomic E-state index is 3.70. The third kappa shape index (κ3) is 0.546. The zero-order valence-corrected chi connectivity index (χ0v) is 4.16. The van der Waals surface area contributed by atoms with E-state index in [0.717, 1.165) is 4.91 Å². The Balaban J connectivity index is 2.86. The van der Waals surface area contributed by atoms with Gasteiger partial charge in [0, 0.05) is 12.2 Å². The Kier molecular flexibility index (Phi) is 0.843. The standard InChI is InChI=1S/C5H5S/c1-5-3-2-4-6-5/h2-4H,1H2/q+1. The van der Waals surface area contributed by atoms with Crippen molar-refractivity contribution in [1.29, 1.82) is 0 Å². The minimum atomic E-state index is 1.13. The average Bonchev–Trinajstić information content (AvgIpc) is 1.86. The summed E-state index contributed by atoms with van der Waals surface area (Å²) >= 11 is 1.67. The highest BCUT2D eigenvalue weighted by atomic mass is 32.1. The maximum Gasteiger partial charge on any atom is 0.223 e. The predicted molar refractivity (Wildman–Crippen MR) is 31.7 cm³/mol. The zero-order valence-electron chi connectivity index (χ0n) is 3.35. The van der Waals surface area contributed by atoms with Crippen molar-refractivity contribution in [3.63, 3.8) is 0 Å². The van der Waals surface area contributed by atoms with Gasteiger partial charge in [-0.15, -0.1) is 0 Å². The van der Waals surface area contributed by atoms with E-state index >= 15 is 0 Å². The first-order chi connectivity index (χ1) is 2.89. The Morgan fingerprint density at radius 2 is 2.50 bits per heavy atom. The molecule has 0 spiro atoms. The molecular formula is C5H5S+. The molecule has 0 aliphatic carbocycles. The van der Waals surface area contributed by atoms with Gasteiger partial charge in [0.2, 0.25) is 16.3 Å². The molecule has 0 aromatic carbocycles. The zero-order chi connectivity index (χ0) is 4.41. The number of allylic oxidation sites excluding steroid dienone is 2. The quantitative estimate of drug-likeness (QED) is 0.312. The van der Waals surface area contributed by atoms with Crippen LogP contribution in [0.1, 0.15) is 0 Å². The molecule has 0 aromatic heterocycles. The lowest BCUT2D eigenvalue weighted by atomic mass is 10.5. The molecule has 0 aromatic rings. The Bertz CT molecular complexity index is 106. The molecule has 6 heavy (non-hydrogen) atoms. The summed E-state index contributed by atoms with van der Waals surface area (Å²) in [5.74, 6) is 0. The van der Waals surface area contributed by atoms with E-state index < -0.39 is 0 Å². The Morgan fingerprint density at radius 1 is 1.67 bits per heavy atom. The molecule has 1 aliphatic heterocycles. The summed E-state index contributed by atoms with van der Waals surface area (Å²) in [7, 11) is 0. The second kappa shape index (κ2) is 1.35. The highest BCUT2D eigenvalue weighted by Crippen LogP contribution is 1.93. The van der Waals surface area contributed by atoms with E-state index in [1.165, 1.54) is 0 Å². The lowest BCUT2D eigenvalue weighted by molar-refractivity contribution is 2.05. The minimum absolute atomic E-state index is 1.13. The van der Waals surface area contributed by atoms with Crippen LogP contribution in [0.25, 0.3) is 0 Å². The monoisotopic (exact) mass is 97.0 g/mol. The fourth-order valence-electron chi connectivity index (χ4n) is 0.313. The van der Waals surface area contributed by atoms with Crippen molar-refractivity contribution in [2.45, 2.75) is 0 Å². The maximum absolute atomic E-state index is 3.70. The van der Waals surface area contributed by atoms with Crippen molar-refractivity contribution >= 4 is 16.7 Å². The van der Waals surface area contributed by atoms with Crippen molar-refractivity contribution in [2.75, 3.05) is 0 Å². The molecule has 0 bridgehead atoms. The summed E-state index contributed by atoms with van der Waals surface area (Å²) in [6.45, 7) is 3.70. The molecule has 0 saturated heterocycles. The van der Waals surface area contributed by atoms with Crippen molar-refractivity contribution in [3.8, 4) is 0 Å². The summed E-state index contributed by atoms with van der Waals surface area (Å²) in [4.78, 5) is 1.13. The molecule has 1 aliphatic rings. The second-order valence-electron chi connectivity index (χ2n) is 1.08. The molecule has 0 nitrogen and oxygen atoms in total. The van der Waals surface area contributed by atoms with E-state index in [9.17, 15) is 0 Å². The first kappa shape index (κ1) is 3.75. The highest BCUT2D eigenvalue weighted by Gasteiger charge is 2.00. The third-order valence-corrected chi connectivity index (χ3v) is 1.31. The molecular weight excluding hydrogens is 92.1 g/mol. The van der Waals surface area contributed by atoms with E-state index in [1.54, 1.807) is 11.4 Å². The number of hydrogen-bond donors (Lipinski definition) is 0. The molecule has 0 radical (unpaired) electrons. The topological polar surface area (TPSA) is 0 Å². The van der Waals surface area contributed by atoms with Gasteiger partial charge in [0.25, 0.3) is 0 Å². The van der Waals surface area contributed by atoms with Crippen molar-refractivity contribution in [1.82, 2.24) is 0 Å². The van der Waals surface area contributed by atoms with Crippen LogP contribution in [0.15, 0.2) is 23.6 Å². The third-order valence-electron chi connectivity index (χ3n) is 0.580. The predicted octanol–water partition coefficient (Wildman–Crippen LogP) is 0.955. The molecule has 0 amide bonds. The van der Waals surface area contributed by atoms with Crippen LogP contribution >= 0.6 is 0 Å². The van der Waals surface area contributed by atoms with Gasteiger partial charge in [0.1, 0.15) is 0 Å². The van der Waals surface area contributed by atoms with E-state index in [1.807, 2.05) is 17.5 Å². The molecule has 1 rings (SSSR count). The summed E-state index contributed by atoms with van der Waals surface area (Å²) in [5, 5.41) is 2.02. The van der Waals surface area contributed by atoms with Gasteiger partial charge in [-0.3, -0.25) is 0 Å². The fourth-order valence-corrected chi connectivity index (χ4v) is 0.802. The first-order valence-corrected chi connectivity index (χ1v) is 2.63. The molecule has 1 heterocycles. The van der Waals surface area contributed by atoms with Crippen LogP contribution in [0.3, 0.4) is 0 Å². The van der Waals surface area contributed by atoms with Gasteiger partial charge in [0.05, 0.1) is 0 Å². The normalized spacial score (nSPS) is 17.0. The fraction of sp³-hybridized carbons (Fsp3) is 0. The number of hydrogen-bond acceptors (Lipinski definition) is 0. The largest absolute Gasteiger partial charge is 0.223 e. The van der Waals surface area contributed by atoms with Crippen molar-refractivity contribution in [2.24, 2.45) is 0 Å². The molecule has 0 atom stereocenters. The molecule has 0 fully saturated rings. The Morgan fingerprint density at radius 3 is 2.67 bits per heavy atom. The highest BCUT2D eigenvalue weighted by molar-refractivity contribution is 7.82. The SMILES string of the molecule is C=C1C=CC=[S+]1. The van der Waals surface area contributed by atoms with E-state index in [2.05, 4.69) is 6.58 Å². The van der Waals surface area contributed by atoms with Crippen LogP contribution < -0.4 is 0 Å². The molecule has 0 unspecified atom stereocenters. The smallest absolute Gasteiger partial charge is 0.0333 e. The van der Waals surface area contributed by atoms with Gasteiger partial charge in [-0.1, -0.05) is 0 Å². The van der Waals surface area contributed by atoms with Gasteiger partial charge in [-0.25, -0.2) is 0 Å². The first-order valence-electron chi connectivity index (χ1n) is 1.75. The lowest BCUT2D eigenvalue weighted by Gasteiger charge is -1.52. The van der Waals surface area contributed by atoms with E-state index in [-0.39, 0.29) is 0 Å². The van der Waals surface area contributed by atoms with Gasteiger partial charge in [-0.05, 0) is 6.58 Å². The van der Waals surface area contributed by atoms with Gasteiger partial charge < -0.3 is 0 Å². The number of rotatable bonds is 0. The van der Waals surface area contributed by atoms with Crippen LogP contribution in [0, 0.1) is 0 Å². The van der Waals surface area contributed by atoms with E-state index in [0.29, 0.717) is 0 Å². The van der Waals surface area contributed by atoms with Crippen LogP contribution in [0.4, 0.5) is 0 Å². The lowest BCUT2D eigenvalue weighted by Crippen LogP contribution is -1.57. The molecule has 30 valence electrons. The molecule has 0 saturated carbocycles. The van der Waals surface area contributed by atoms with Gasteiger partial charge >= 0.3 is 0 Å². The molecule has 1 heteroatoms. The van der Waals surface area contributed by atoms with Crippen LogP contribution in [-0.4, -0.2) is 5.37 Å².